The number of nitro groups is 1. The van der Waals surface area contributed by atoms with Gasteiger partial charge in [0.05, 0.1) is 4.92 Å². The standard InChI is InChI=1S/C11H18N6O2/c1-16(2)6-5-12-11-13-7-9(17(18)19)10(15-11)14-8-3-4-8/h7-8H,3-6H2,1-2H3,(H2,12,13,14,15). The van der Waals surface area contributed by atoms with Crippen LogP contribution in [0.4, 0.5) is 17.5 Å². The van der Waals surface area contributed by atoms with Gasteiger partial charge in [0.25, 0.3) is 0 Å². The second-order valence-electron chi connectivity index (χ2n) is 4.83. The quantitative estimate of drug-likeness (QED) is 0.559. The summed E-state index contributed by atoms with van der Waals surface area (Å²) in [5.74, 6) is 0.713. The van der Waals surface area contributed by atoms with E-state index in [1.165, 1.54) is 6.20 Å². The number of nitrogens with one attached hydrogen (secondary N) is 2. The van der Waals surface area contributed by atoms with Gasteiger partial charge < -0.3 is 15.5 Å². The third-order valence-corrected chi connectivity index (χ3v) is 2.73. The molecule has 0 bridgehead atoms. The molecule has 1 saturated carbocycles. The largest absolute Gasteiger partial charge is 0.361 e. The fourth-order valence-corrected chi connectivity index (χ4v) is 1.51. The molecule has 1 aliphatic carbocycles. The summed E-state index contributed by atoms with van der Waals surface area (Å²) in [6, 6.07) is 0.309. The predicted molar refractivity (Wildman–Crippen MR) is 72.4 cm³/mol. The highest BCUT2D eigenvalue weighted by Gasteiger charge is 2.26. The maximum atomic E-state index is 10.9. The lowest BCUT2D eigenvalue weighted by Gasteiger charge is -2.11. The molecule has 104 valence electrons. The highest BCUT2D eigenvalue weighted by atomic mass is 16.6. The molecule has 1 heterocycles. The van der Waals surface area contributed by atoms with Crippen molar-refractivity contribution in [1.29, 1.82) is 0 Å². The van der Waals surface area contributed by atoms with Crippen LogP contribution in [0, 0.1) is 10.1 Å². The number of hydrogen-bond donors (Lipinski definition) is 2. The zero-order chi connectivity index (χ0) is 13.8. The van der Waals surface area contributed by atoms with Gasteiger partial charge >= 0.3 is 5.69 Å². The molecule has 1 aliphatic rings. The topological polar surface area (TPSA) is 96.2 Å². The second-order valence-corrected chi connectivity index (χ2v) is 4.83. The van der Waals surface area contributed by atoms with Gasteiger partial charge in [-0.15, -0.1) is 0 Å². The normalized spacial score (nSPS) is 14.5. The number of rotatable bonds is 7. The number of nitrogens with zero attached hydrogens (tertiary/aromatic N) is 4. The molecule has 0 aliphatic heterocycles. The van der Waals surface area contributed by atoms with Gasteiger partial charge in [0.15, 0.2) is 0 Å². The molecule has 8 nitrogen and oxygen atoms in total. The maximum Gasteiger partial charge on any atom is 0.329 e. The first-order chi connectivity index (χ1) is 9.06. The van der Waals surface area contributed by atoms with Gasteiger partial charge in [0, 0.05) is 19.1 Å². The predicted octanol–water partition coefficient (Wildman–Crippen LogP) is 0.933. The van der Waals surface area contributed by atoms with Crippen LogP contribution < -0.4 is 10.6 Å². The van der Waals surface area contributed by atoms with Crippen molar-refractivity contribution in [3.05, 3.63) is 16.3 Å². The summed E-state index contributed by atoms with van der Waals surface area (Å²) in [5, 5.41) is 17.0. The molecular weight excluding hydrogens is 248 g/mol. The number of aromatic nitrogens is 2. The van der Waals surface area contributed by atoms with E-state index in [4.69, 9.17) is 0 Å². The van der Waals surface area contributed by atoms with E-state index in [0.29, 0.717) is 24.4 Å². The van der Waals surface area contributed by atoms with Crippen LogP contribution in [0.1, 0.15) is 12.8 Å². The Bertz CT molecular complexity index is 460. The van der Waals surface area contributed by atoms with Crippen LogP contribution in [-0.2, 0) is 0 Å². The summed E-state index contributed by atoms with van der Waals surface area (Å²) >= 11 is 0. The number of anilines is 2. The van der Waals surface area contributed by atoms with Gasteiger partial charge in [-0.2, -0.15) is 4.98 Å². The second kappa shape index (κ2) is 5.79. The molecular formula is C11H18N6O2. The summed E-state index contributed by atoms with van der Waals surface area (Å²) in [4.78, 5) is 20.6. The third kappa shape index (κ3) is 4.02. The lowest BCUT2D eigenvalue weighted by atomic mass is 10.4. The molecule has 0 spiro atoms. The van der Waals surface area contributed by atoms with E-state index >= 15 is 0 Å². The van der Waals surface area contributed by atoms with Gasteiger partial charge in [0.2, 0.25) is 11.8 Å². The van der Waals surface area contributed by atoms with Crippen molar-refractivity contribution in [2.24, 2.45) is 0 Å². The number of hydrogen-bond acceptors (Lipinski definition) is 7. The average molecular weight is 266 g/mol. The van der Waals surface area contributed by atoms with E-state index in [1.54, 1.807) is 0 Å². The zero-order valence-corrected chi connectivity index (χ0v) is 11.1. The molecule has 0 radical (unpaired) electrons. The molecule has 1 fully saturated rings. The monoisotopic (exact) mass is 266 g/mol. The highest BCUT2D eigenvalue weighted by Crippen LogP contribution is 2.29. The van der Waals surface area contributed by atoms with Gasteiger partial charge in [-0.3, -0.25) is 10.1 Å². The van der Waals surface area contributed by atoms with Gasteiger partial charge in [0.1, 0.15) is 6.20 Å². The molecule has 1 aromatic rings. The summed E-state index contributed by atoms with van der Waals surface area (Å²) in [7, 11) is 3.94. The van der Waals surface area contributed by atoms with E-state index in [0.717, 1.165) is 19.4 Å². The first-order valence-corrected chi connectivity index (χ1v) is 6.23. The molecule has 19 heavy (non-hydrogen) atoms. The SMILES string of the molecule is CN(C)CCNc1ncc([N+](=O)[O-])c(NC2CC2)n1. The van der Waals surface area contributed by atoms with Crippen LogP contribution in [0.3, 0.4) is 0 Å². The van der Waals surface area contributed by atoms with E-state index < -0.39 is 4.92 Å². The third-order valence-electron chi connectivity index (χ3n) is 2.73. The Balaban J connectivity index is 2.05. The van der Waals surface area contributed by atoms with Crippen molar-refractivity contribution in [3.63, 3.8) is 0 Å². The highest BCUT2D eigenvalue weighted by molar-refractivity contribution is 5.57. The van der Waals surface area contributed by atoms with Gasteiger partial charge in [-0.25, -0.2) is 4.98 Å². The van der Waals surface area contributed by atoms with Crippen molar-refractivity contribution in [2.75, 3.05) is 37.8 Å². The zero-order valence-electron chi connectivity index (χ0n) is 11.1. The van der Waals surface area contributed by atoms with Gasteiger partial charge in [-0.1, -0.05) is 0 Å². The van der Waals surface area contributed by atoms with Crippen molar-refractivity contribution in [3.8, 4) is 0 Å². The van der Waals surface area contributed by atoms with Crippen LogP contribution >= 0.6 is 0 Å². The molecule has 2 rings (SSSR count). The Hall–Kier alpha value is -1.96. The molecule has 0 saturated heterocycles. The average Bonchev–Trinajstić information content (AvgIpc) is 3.12. The Labute approximate surface area is 111 Å². The maximum absolute atomic E-state index is 10.9. The number of likely N-dealkylation sites (N-methyl/N-ethyl adjacent to an activating group) is 1. The molecule has 0 amide bonds. The Morgan fingerprint density at radius 3 is 2.84 bits per heavy atom. The van der Waals surface area contributed by atoms with E-state index in [2.05, 4.69) is 20.6 Å². The van der Waals surface area contributed by atoms with Crippen LogP contribution in [0.25, 0.3) is 0 Å². The van der Waals surface area contributed by atoms with Crippen molar-refractivity contribution in [1.82, 2.24) is 14.9 Å². The van der Waals surface area contributed by atoms with Crippen molar-refractivity contribution in [2.45, 2.75) is 18.9 Å². The van der Waals surface area contributed by atoms with E-state index in [1.807, 2.05) is 19.0 Å². The fraction of sp³-hybridized carbons (Fsp3) is 0.636. The van der Waals surface area contributed by atoms with Crippen molar-refractivity contribution >= 4 is 17.5 Å². The van der Waals surface area contributed by atoms with Crippen LogP contribution in [0.15, 0.2) is 6.20 Å². The smallest absolute Gasteiger partial charge is 0.329 e. The Morgan fingerprint density at radius 2 is 2.26 bits per heavy atom. The van der Waals surface area contributed by atoms with Crippen LogP contribution in [0.5, 0.6) is 0 Å². The summed E-state index contributed by atoms with van der Waals surface area (Å²) in [6.45, 7) is 1.53. The lowest BCUT2D eigenvalue weighted by molar-refractivity contribution is -0.384. The van der Waals surface area contributed by atoms with Gasteiger partial charge in [-0.05, 0) is 26.9 Å². The Morgan fingerprint density at radius 1 is 1.53 bits per heavy atom. The van der Waals surface area contributed by atoms with Crippen LogP contribution in [0.2, 0.25) is 0 Å². The fourth-order valence-electron chi connectivity index (χ4n) is 1.51. The molecule has 2 N–H and O–H groups in total. The molecule has 8 heteroatoms. The summed E-state index contributed by atoms with van der Waals surface area (Å²) in [6.07, 6.45) is 3.31. The Kier molecular flexibility index (Phi) is 4.10. The summed E-state index contributed by atoms with van der Waals surface area (Å²) in [5.41, 5.74) is -0.0786. The summed E-state index contributed by atoms with van der Waals surface area (Å²) < 4.78 is 0. The molecule has 1 aromatic heterocycles. The van der Waals surface area contributed by atoms with Crippen molar-refractivity contribution < 1.29 is 4.92 Å². The first kappa shape index (κ1) is 13.5. The lowest BCUT2D eigenvalue weighted by Crippen LogP contribution is -2.21. The molecule has 0 atom stereocenters. The molecule has 0 unspecified atom stereocenters. The minimum absolute atomic E-state index is 0.0786. The minimum Gasteiger partial charge on any atom is -0.361 e. The molecule has 0 aromatic carbocycles. The first-order valence-electron chi connectivity index (χ1n) is 6.23. The van der Waals surface area contributed by atoms with E-state index in [9.17, 15) is 10.1 Å². The minimum atomic E-state index is -0.464. The van der Waals surface area contributed by atoms with E-state index in [-0.39, 0.29) is 5.69 Å². The van der Waals surface area contributed by atoms with Crippen LogP contribution in [-0.4, -0.2) is 53.0 Å².